The van der Waals surface area contributed by atoms with Crippen LogP contribution in [0, 0.1) is 5.92 Å². The lowest BCUT2D eigenvalue weighted by molar-refractivity contribution is -0.142. The normalized spacial score (nSPS) is 43.5. The first-order valence-corrected chi connectivity index (χ1v) is 4.75. The third-order valence-corrected chi connectivity index (χ3v) is 3.25. The highest BCUT2D eigenvalue weighted by molar-refractivity contribution is 5.75. The third-order valence-electron chi connectivity index (χ3n) is 3.25. The zero-order valence-corrected chi connectivity index (χ0v) is 7.69. The maximum absolute atomic E-state index is 10.9. The second-order valence-corrected chi connectivity index (χ2v) is 3.88. The number of carboxylic acid groups (broad SMARTS) is 1. The standard InChI is InChI=1S/C9H15NO3/c1-13-8-5-3-2-4-6(5)10-7(8)9(11)12/h5-8,10H,2-4H2,1H3,(H,11,12)/t5-,6-,7+,8-/m0/s1. The molecule has 1 saturated carbocycles. The van der Waals surface area contributed by atoms with E-state index in [1.54, 1.807) is 7.11 Å². The Morgan fingerprint density at radius 2 is 2.31 bits per heavy atom. The van der Waals surface area contributed by atoms with Crippen molar-refractivity contribution in [2.75, 3.05) is 7.11 Å². The van der Waals surface area contributed by atoms with Crippen LogP contribution in [0.5, 0.6) is 0 Å². The van der Waals surface area contributed by atoms with Crippen molar-refractivity contribution < 1.29 is 14.6 Å². The Bertz CT molecular complexity index is 219. The van der Waals surface area contributed by atoms with Gasteiger partial charge in [-0.3, -0.25) is 10.1 Å². The average Bonchev–Trinajstić information content (AvgIpc) is 2.60. The number of fused-ring (bicyclic) bond motifs is 1. The Morgan fingerprint density at radius 3 is 2.92 bits per heavy atom. The maximum atomic E-state index is 10.9. The van der Waals surface area contributed by atoms with Crippen LogP contribution in [0.1, 0.15) is 19.3 Å². The molecular formula is C9H15NO3. The van der Waals surface area contributed by atoms with E-state index in [1.807, 2.05) is 0 Å². The van der Waals surface area contributed by atoms with Crippen LogP contribution in [-0.2, 0) is 9.53 Å². The Balaban J connectivity index is 2.12. The van der Waals surface area contributed by atoms with Gasteiger partial charge in [-0.2, -0.15) is 0 Å². The molecule has 4 atom stereocenters. The average molecular weight is 185 g/mol. The molecule has 1 heterocycles. The summed E-state index contributed by atoms with van der Waals surface area (Å²) in [5, 5.41) is 12.1. The Labute approximate surface area is 77.3 Å². The molecule has 0 aromatic carbocycles. The van der Waals surface area contributed by atoms with Crippen LogP contribution >= 0.6 is 0 Å². The molecule has 1 aliphatic heterocycles. The van der Waals surface area contributed by atoms with E-state index in [1.165, 1.54) is 6.42 Å². The summed E-state index contributed by atoms with van der Waals surface area (Å²) in [4.78, 5) is 10.9. The summed E-state index contributed by atoms with van der Waals surface area (Å²) in [6, 6.07) is -0.133. The van der Waals surface area contributed by atoms with Crippen molar-refractivity contribution in [2.45, 2.75) is 37.5 Å². The molecule has 0 bridgehead atoms. The van der Waals surface area contributed by atoms with Crippen molar-refractivity contribution >= 4 is 5.97 Å². The fraction of sp³-hybridized carbons (Fsp3) is 0.889. The lowest BCUT2D eigenvalue weighted by Crippen LogP contribution is -2.41. The molecule has 74 valence electrons. The molecule has 0 amide bonds. The maximum Gasteiger partial charge on any atom is 0.323 e. The summed E-state index contributed by atoms with van der Waals surface area (Å²) < 4.78 is 5.26. The Hall–Kier alpha value is -0.610. The van der Waals surface area contributed by atoms with E-state index in [0.29, 0.717) is 12.0 Å². The number of hydrogen-bond acceptors (Lipinski definition) is 3. The van der Waals surface area contributed by atoms with Crippen molar-refractivity contribution in [3.05, 3.63) is 0 Å². The minimum absolute atomic E-state index is 0.134. The molecule has 4 heteroatoms. The SMILES string of the molecule is CO[C@H]1[C@H]2CCC[C@@H]2N[C@H]1C(=O)O. The molecule has 2 rings (SSSR count). The van der Waals surface area contributed by atoms with Crippen LogP contribution < -0.4 is 5.32 Å². The predicted octanol–water partition coefficient (Wildman–Crippen LogP) is 0.226. The molecule has 0 unspecified atom stereocenters. The van der Waals surface area contributed by atoms with Crippen LogP contribution in [0.25, 0.3) is 0 Å². The number of methoxy groups -OCH3 is 1. The zero-order chi connectivity index (χ0) is 9.42. The number of hydrogen-bond donors (Lipinski definition) is 2. The van der Waals surface area contributed by atoms with Crippen LogP contribution in [-0.4, -0.2) is 36.4 Å². The van der Waals surface area contributed by atoms with Gasteiger partial charge in [0.25, 0.3) is 0 Å². The molecule has 13 heavy (non-hydrogen) atoms. The summed E-state index contributed by atoms with van der Waals surface area (Å²) in [6.07, 6.45) is 3.24. The van der Waals surface area contributed by atoms with Gasteiger partial charge in [0.1, 0.15) is 6.04 Å². The second kappa shape index (κ2) is 3.27. The Morgan fingerprint density at radius 1 is 1.54 bits per heavy atom. The number of ether oxygens (including phenoxy) is 1. The molecule has 0 aromatic heterocycles. The topological polar surface area (TPSA) is 58.6 Å². The van der Waals surface area contributed by atoms with Gasteiger partial charge < -0.3 is 9.84 Å². The summed E-state index contributed by atoms with van der Waals surface area (Å²) in [5.74, 6) is -0.382. The van der Waals surface area contributed by atoms with Gasteiger partial charge in [-0.05, 0) is 12.8 Å². The number of carboxylic acids is 1. The van der Waals surface area contributed by atoms with Crippen LogP contribution in [0.3, 0.4) is 0 Å². The van der Waals surface area contributed by atoms with E-state index in [2.05, 4.69) is 5.32 Å². The van der Waals surface area contributed by atoms with Gasteiger partial charge in [0.2, 0.25) is 0 Å². The molecule has 2 fully saturated rings. The van der Waals surface area contributed by atoms with E-state index in [0.717, 1.165) is 12.8 Å². The number of nitrogens with one attached hydrogen (secondary N) is 1. The number of rotatable bonds is 2. The lowest BCUT2D eigenvalue weighted by atomic mass is 9.98. The minimum Gasteiger partial charge on any atom is -0.480 e. The summed E-state index contributed by atoms with van der Waals surface area (Å²) >= 11 is 0. The Kier molecular flexibility index (Phi) is 2.26. The molecule has 1 saturated heterocycles. The molecular weight excluding hydrogens is 170 g/mol. The summed E-state index contributed by atoms with van der Waals surface area (Å²) in [7, 11) is 1.60. The fourth-order valence-corrected chi connectivity index (χ4v) is 2.68. The van der Waals surface area contributed by atoms with Gasteiger partial charge in [-0.25, -0.2) is 0 Å². The predicted molar refractivity (Wildman–Crippen MR) is 46.5 cm³/mol. The highest BCUT2D eigenvalue weighted by atomic mass is 16.5. The van der Waals surface area contributed by atoms with Crippen molar-refractivity contribution in [2.24, 2.45) is 5.92 Å². The van der Waals surface area contributed by atoms with Gasteiger partial charge in [0.15, 0.2) is 0 Å². The summed E-state index contributed by atoms with van der Waals surface area (Å²) in [5.41, 5.74) is 0. The molecule has 2 aliphatic rings. The van der Waals surface area contributed by atoms with Gasteiger partial charge in [0.05, 0.1) is 6.10 Å². The molecule has 2 N–H and O–H groups in total. The van der Waals surface area contributed by atoms with E-state index >= 15 is 0 Å². The summed E-state index contributed by atoms with van der Waals surface area (Å²) in [6.45, 7) is 0. The van der Waals surface area contributed by atoms with Crippen molar-refractivity contribution in [3.8, 4) is 0 Å². The van der Waals surface area contributed by atoms with Crippen LogP contribution in [0.2, 0.25) is 0 Å². The largest absolute Gasteiger partial charge is 0.480 e. The van der Waals surface area contributed by atoms with Gasteiger partial charge in [-0.15, -0.1) is 0 Å². The zero-order valence-electron chi connectivity index (χ0n) is 7.69. The number of aliphatic carboxylic acids is 1. The quantitative estimate of drug-likeness (QED) is 0.646. The van der Waals surface area contributed by atoms with Crippen molar-refractivity contribution in [1.29, 1.82) is 0 Å². The smallest absolute Gasteiger partial charge is 0.323 e. The fourth-order valence-electron chi connectivity index (χ4n) is 2.68. The first-order chi connectivity index (χ1) is 6.24. The first-order valence-electron chi connectivity index (χ1n) is 4.75. The highest BCUT2D eigenvalue weighted by Crippen LogP contribution is 2.36. The van der Waals surface area contributed by atoms with E-state index in [4.69, 9.17) is 9.84 Å². The van der Waals surface area contributed by atoms with E-state index in [9.17, 15) is 4.79 Å². The van der Waals surface area contributed by atoms with E-state index < -0.39 is 12.0 Å². The van der Waals surface area contributed by atoms with Gasteiger partial charge in [0, 0.05) is 19.1 Å². The van der Waals surface area contributed by atoms with Gasteiger partial charge >= 0.3 is 5.97 Å². The molecule has 4 nitrogen and oxygen atoms in total. The second-order valence-electron chi connectivity index (χ2n) is 3.88. The third kappa shape index (κ3) is 1.34. The monoisotopic (exact) mass is 185 g/mol. The van der Waals surface area contributed by atoms with Crippen molar-refractivity contribution in [3.63, 3.8) is 0 Å². The van der Waals surface area contributed by atoms with E-state index in [-0.39, 0.29) is 6.10 Å². The lowest BCUT2D eigenvalue weighted by Gasteiger charge is -2.18. The van der Waals surface area contributed by atoms with Crippen LogP contribution in [0.4, 0.5) is 0 Å². The number of carbonyl (C=O) groups is 1. The molecule has 0 radical (unpaired) electrons. The van der Waals surface area contributed by atoms with Crippen LogP contribution in [0.15, 0.2) is 0 Å². The molecule has 1 aliphatic carbocycles. The first kappa shape index (κ1) is 8.97. The molecule has 0 spiro atoms. The highest BCUT2D eigenvalue weighted by Gasteiger charge is 2.48. The minimum atomic E-state index is -0.791. The molecule has 0 aromatic rings. The van der Waals surface area contributed by atoms with Crippen molar-refractivity contribution in [1.82, 2.24) is 5.32 Å². The van der Waals surface area contributed by atoms with Gasteiger partial charge in [-0.1, -0.05) is 6.42 Å².